The van der Waals surface area contributed by atoms with Gasteiger partial charge in [0.2, 0.25) is 0 Å². The molecule has 0 saturated heterocycles. The molecule has 2 heterocycles. The lowest BCUT2D eigenvalue weighted by Gasteiger charge is -1.94. The summed E-state index contributed by atoms with van der Waals surface area (Å²) in [6.07, 6.45) is 4.07. The highest BCUT2D eigenvalue weighted by atomic mass is 35.5. The number of aryl methyl sites for hydroxylation is 1. The minimum Gasteiger partial charge on any atom is -0.348 e. The molecule has 0 aliphatic carbocycles. The molecule has 2 aromatic rings. The monoisotopic (exact) mass is 194 g/mol. The third-order valence-electron chi connectivity index (χ3n) is 1.95. The summed E-state index contributed by atoms with van der Waals surface area (Å²) < 4.78 is 1.83. The first-order valence-electron chi connectivity index (χ1n) is 3.78. The van der Waals surface area contributed by atoms with Gasteiger partial charge in [-0.1, -0.05) is 11.6 Å². The van der Waals surface area contributed by atoms with E-state index in [0.717, 1.165) is 11.8 Å². The number of halogens is 1. The number of fused-ring (bicyclic) bond motifs is 1. The first-order chi connectivity index (χ1) is 6.22. The first-order valence-corrected chi connectivity index (χ1v) is 4.16. The fourth-order valence-electron chi connectivity index (χ4n) is 1.35. The van der Waals surface area contributed by atoms with E-state index in [-0.39, 0.29) is 0 Å². The van der Waals surface area contributed by atoms with Crippen molar-refractivity contribution in [2.24, 2.45) is 7.05 Å². The predicted molar refractivity (Wildman–Crippen MR) is 51.1 cm³/mol. The molecule has 0 aliphatic rings. The molecule has 66 valence electrons. The molecule has 3 nitrogen and oxygen atoms in total. The van der Waals surface area contributed by atoms with Crippen molar-refractivity contribution in [1.82, 2.24) is 9.55 Å². The van der Waals surface area contributed by atoms with Gasteiger partial charge in [0.05, 0.1) is 21.6 Å². The summed E-state index contributed by atoms with van der Waals surface area (Å²) in [7, 11) is 1.85. The van der Waals surface area contributed by atoms with Gasteiger partial charge in [0.15, 0.2) is 6.29 Å². The summed E-state index contributed by atoms with van der Waals surface area (Å²) in [6, 6.07) is 1.79. The fourth-order valence-corrected chi connectivity index (χ4v) is 1.50. The van der Waals surface area contributed by atoms with E-state index in [1.165, 1.54) is 6.20 Å². The molecule has 0 fully saturated rings. The topological polar surface area (TPSA) is 34.9 Å². The molecule has 2 aromatic heterocycles. The number of rotatable bonds is 1. The average molecular weight is 195 g/mol. The van der Waals surface area contributed by atoms with Gasteiger partial charge in [-0.05, 0) is 6.07 Å². The zero-order chi connectivity index (χ0) is 9.42. The second-order valence-corrected chi connectivity index (χ2v) is 3.27. The summed E-state index contributed by atoms with van der Waals surface area (Å²) in [6.45, 7) is 0. The van der Waals surface area contributed by atoms with Gasteiger partial charge in [-0.3, -0.25) is 9.78 Å². The molecule has 0 spiro atoms. The molecule has 0 radical (unpaired) electrons. The SMILES string of the molecule is Cn1cc(C=O)c2ncc(Cl)cc21. The maximum absolute atomic E-state index is 10.6. The average Bonchev–Trinajstić information content (AvgIpc) is 2.43. The second kappa shape index (κ2) is 2.85. The van der Waals surface area contributed by atoms with Crippen molar-refractivity contribution in [3.63, 3.8) is 0 Å². The van der Waals surface area contributed by atoms with Crippen LogP contribution in [0.3, 0.4) is 0 Å². The second-order valence-electron chi connectivity index (χ2n) is 2.83. The zero-order valence-corrected chi connectivity index (χ0v) is 7.75. The summed E-state index contributed by atoms with van der Waals surface area (Å²) >= 11 is 5.78. The van der Waals surface area contributed by atoms with E-state index in [4.69, 9.17) is 11.6 Å². The van der Waals surface area contributed by atoms with Crippen LogP contribution in [0.5, 0.6) is 0 Å². The van der Waals surface area contributed by atoms with Crippen LogP contribution in [0.4, 0.5) is 0 Å². The normalized spacial score (nSPS) is 10.6. The maximum atomic E-state index is 10.6. The van der Waals surface area contributed by atoms with Crippen LogP contribution in [0.1, 0.15) is 10.4 Å². The van der Waals surface area contributed by atoms with Crippen LogP contribution in [-0.4, -0.2) is 15.8 Å². The largest absolute Gasteiger partial charge is 0.348 e. The molecule has 0 aromatic carbocycles. The minimum atomic E-state index is 0.575. The van der Waals surface area contributed by atoms with Crippen molar-refractivity contribution in [1.29, 1.82) is 0 Å². The summed E-state index contributed by atoms with van der Waals surface area (Å²) in [5.41, 5.74) is 2.16. The molecule has 4 heteroatoms. The van der Waals surface area contributed by atoms with Gasteiger partial charge < -0.3 is 4.57 Å². The molecule has 0 N–H and O–H groups in total. The Balaban J connectivity index is 2.88. The zero-order valence-electron chi connectivity index (χ0n) is 6.99. The number of hydrogen-bond acceptors (Lipinski definition) is 2. The quantitative estimate of drug-likeness (QED) is 0.652. The molecule has 0 saturated carbocycles. The van der Waals surface area contributed by atoms with E-state index < -0.39 is 0 Å². The molecule has 0 bridgehead atoms. The van der Waals surface area contributed by atoms with Gasteiger partial charge in [0, 0.05) is 19.4 Å². The molecular formula is C9H7ClN2O. The van der Waals surface area contributed by atoms with E-state index in [2.05, 4.69) is 4.98 Å². The van der Waals surface area contributed by atoms with Crippen molar-refractivity contribution in [2.75, 3.05) is 0 Å². The van der Waals surface area contributed by atoms with Crippen LogP contribution in [0.25, 0.3) is 11.0 Å². The number of carbonyl (C=O) groups excluding carboxylic acids is 1. The third-order valence-corrected chi connectivity index (χ3v) is 2.15. The van der Waals surface area contributed by atoms with Gasteiger partial charge in [-0.15, -0.1) is 0 Å². The Bertz CT molecular complexity index is 476. The fraction of sp³-hybridized carbons (Fsp3) is 0.111. The Morgan fingerprint density at radius 3 is 3.08 bits per heavy atom. The number of aromatic nitrogens is 2. The van der Waals surface area contributed by atoms with Crippen molar-refractivity contribution < 1.29 is 4.79 Å². The Morgan fingerprint density at radius 2 is 2.38 bits per heavy atom. The molecular weight excluding hydrogens is 188 g/mol. The molecule has 0 amide bonds. The summed E-state index contributed by atoms with van der Waals surface area (Å²) in [5, 5.41) is 0.575. The number of nitrogens with zero attached hydrogens (tertiary/aromatic N) is 2. The number of pyridine rings is 1. The summed E-state index contributed by atoms with van der Waals surface area (Å²) in [5.74, 6) is 0. The summed E-state index contributed by atoms with van der Waals surface area (Å²) in [4.78, 5) is 14.7. The van der Waals surface area contributed by atoms with Crippen molar-refractivity contribution in [2.45, 2.75) is 0 Å². The minimum absolute atomic E-state index is 0.575. The van der Waals surface area contributed by atoms with E-state index >= 15 is 0 Å². The van der Waals surface area contributed by atoms with Gasteiger partial charge in [0.1, 0.15) is 0 Å². The van der Waals surface area contributed by atoms with Gasteiger partial charge in [-0.2, -0.15) is 0 Å². The Morgan fingerprint density at radius 1 is 1.62 bits per heavy atom. The van der Waals surface area contributed by atoms with Crippen LogP contribution in [-0.2, 0) is 7.05 Å². The molecule has 0 unspecified atom stereocenters. The Hall–Kier alpha value is -1.35. The van der Waals surface area contributed by atoms with E-state index in [9.17, 15) is 4.79 Å². The van der Waals surface area contributed by atoms with Crippen molar-refractivity contribution in [3.05, 3.63) is 29.0 Å². The van der Waals surface area contributed by atoms with E-state index in [0.29, 0.717) is 16.1 Å². The molecule has 0 atom stereocenters. The number of carbonyl (C=O) groups is 1. The number of aldehydes is 1. The predicted octanol–water partition coefficient (Wildman–Crippen LogP) is 2.04. The lowest BCUT2D eigenvalue weighted by molar-refractivity contribution is 0.112. The highest BCUT2D eigenvalue weighted by Gasteiger charge is 2.06. The highest BCUT2D eigenvalue weighted by molar-refractivity contribution is 6.31. The lowest BCUT2D eigenvalue weighted by atomic mass is 10.3. The van der Waals surface area contributed by atoms with Crippen LogP contribution >= 0.6 is 11.6 Å². The van der Waals surface area contributed by atoms with E-state index in [1.807, 2.05) is 11.6 Å². The standard InChI is InChI=1S/C9H7ClN2O/c1-12-4-6(5-13)9-8(12)2-7(10)3-11-9/h2-5H,1H3. The van der Waals surface area contributed by atoms with Gasteiger partial charge >= 0.3 is 0 Å². The van der Waals surface area contributed by atoms with E-state index in [1.54, 1.807) is 12.3 Å². The van der Waals surface area contributed by atoms with Crippen LogP contribution in [0.2, 0.25) is 5.02 Å². The third kappa shape index (κ3) is 1.21. The molecule has 0 aliphatic heterocycles. The highest BCUT2D eigenvalue weighted by Crippen LogP contribution is 2.19. The molecule has 13 heavy (non-hydrogen) atoms. The van der Waals surface area contributed by atoms with Crippen LogP contribution in [0, 0.1) is 0 Å². The van der Waals surface area contributed by atoms with Crippen LogP contribution < -0.4 is 0 Å². The Kier molecular flexibility index (Phi) is 1.81. The lowest BCUT2D eigenvalue weighted by Crippen LogP contribution is -1.84. The maximum Gasteiger partial charge on any atom is 0.153 e. The van der Waals surface area contributed by atoms with Gasteiger partial charge in [-0.25, -0.2) is 0 Å². The van der Waals surface area contributed by atoms with Crippen LogP contribution in [0.15, 0.2) is 18.5 Å². The number of hydrogen-bond donors (Lipinski definition) is 0. The van der Waals surface area contributed by atoms with Crippen molar-refractivity contribution >= 4 is 28.9 Å². The van der Waals surface area contributed by atoms with Crippen molar-refractivity contribution in [3.8, 4) is 0 Å². The van der Waals surface area contributed by atoms with Gasteiger partial charge in [0.25, 0.3) is 0 Å². The first kappa shape index (κ1) is 8.26. The smallest absolute Gasteiger partial charge is 0.153 e. The Labute approximate surface area is 79.9 Å². The molecule has 2 rings (SSSR count).